The molecule has 1 atom stereocenters. The Kier molecular flexibility index (Phi) is 4.76. The molecule has 5 nitrogen and oxygen atoms in total. The molecular weight excluding hydrogens is 244 g/mol. The number of carbonyl (C=O) groups is 1. The topological polar surface area (TPSA) is 71.3 Å². The van der Waals surface area contributed by atoms with Gasteiger partial charge in [0.15, 0.2) is 6.61 Å². The summed E-state index contributed by atoms with van der Waals surface area (Å²) >= 11 is 0. The molecular formula is C14H16N2O3. The number of nitriles is 1. The zero-order chi connectivity index (χ0) is 13.5. The Labute approximate surface area is 112 Å². The van der Waals surface area contributed by atoms with Gasteiger partial charge in [-0.2, -0.15) is 5.26 Å². The van der Waals surface area contributed by atoms with Crippen LogP contribution in [0.2, 0.25) is 0 Å². The molecule has 0 radical (unpaired) electrons. The van der Waals surface area contributed by atoms with Crippen molar-refractivity contribution in [2.24, 2.45) is 5.92 Å². The minimum atomic E-state index is -0.181. The average Bonchev–Trinajstić information content (AvgIpc) is 2.96. The van der Waals surface area contributed by atoms with E-state index >= 15 is 0 Å². The molecule has 1 aromatic rings. The lowest BCUT2D eigenvalue weighted by molar-refractivity contribution is -0.123. The van der Waals surface area contributed by atoms with Crippen LogP contribution >= 0.6 is 0 Å². The molecule has 5 heteroatoms. The summed E-state index contributed by atoms with van der Waals surface area (Å²) in [7, 11) is 0. The van der Waals surface area contributed by atoms with Gasteiger partial charge in [-0.05, 0) is 18.6 Å². The van der Waals surface area contributed by atoms with Gasteiger partial charge in [-0.15, -0.1) is 0 Å². The van der Waals surface area contributed by atoms with Gasteiger partial charge in [0.2, 0.25) is 0 Å². The molecule has 1 aliphatic heterocycles. The Balaban J connectivity index is 1.75. The second-order valence-electron chi connectivity index (χ2n) is 4.43. The molecule has 1 saturated heterocycles. The molecule has 1 N–H and O–H groups in total. The van der Waals surface area contributed by atoms with E-state index in [4.69, 9.17) is 14.7 Å². The Hall–Kier alpha value is -2.06. The highest BCUT2D eigenvalue weighted by molar-refractivity contribution is 5.77. The summed E-state index contributed by atoms with van der Waals surface area (Å²) in [6.07, 6.45) is 0.985. The number of ether oxygens (including phenoxy) is 2. The number of para-hydroxylation sites is 1. The van der Waals surface area contributed by atoms with Crippen molar-refractivity contribution < 1.29 is 14.3 Å². The summed E-state index contributed by atoms with van der Waals surface area (Å²) in [5.74, 6) is 0.652. The van der Waals surface area contributed by atoms with E-state index in [1.54, 1.807) is 24.3 Å². The van der Waals surface area contributed by atoms with Crippen molar-refractivity contribution in [2.45, 2.75) is 6.42 Å². The van der Waals surface area contributed by atoms with Crippen LogP contribution in [0.15, 0.2) is 24.3 Å². The minimum absolute atomic E-state index is 0.0771. The third-order valence-corrected chi connectivity index (χ3v) is 2.98. The van der Waals surface area contributed by atoms with Crippen LogP contribution in [0.3, 0.4) is 0 Å². The van der Waals surface area contributed by atoms with Crippen molar-refractivity contribution in [1.29, 1.82) is 5.26 Å². The number of rotatable bonds is 5. The van der Waals surface area contributed by atoms with Crippen LogP contribution in [-0.2, 0) is 9.53 Å². The van der Waals surface area contributed by atoms with Crippen LogP contribution in [0.25, 0.3) is 0 Å². The normalized spacial score (nSPS) is 17.7. The van der Waals surface area contributed by atoms with Crippen molar-refractivity contribution in [3.8, 4) is 11.8 Å². The van der Waals surface area contributed by atoms with E-state index in [-0.39, 0.29) is 12.5 Å². The van der Waals surface area contributed by atoms with Gasteiger partial charge in [-0.25, -0.2) is 0 Å². The van der Waals surface area contributed by atoms with Crippen molar-refractivity contribution in [3.63, 3.8) is 0 Å². The Morgan fingerprint density at radius 2 is 2.37 bits per heavy atom. The fraction of sp³-hybridized carbons (Fsp3) is 0.429. The van der Waals surface area contributed by atoms with E-state index in [2.05, 4.69) is 5.32 Å². The molecule has 1 unspecified atom stereocenters. The predicted molar refractivity (Wildman–Crippen MR) is 68.6 cm³/mol. The maximum atomic E-state index is 11.6. The van der Waals surface area contributed by atoms with Crippen molar-refractivity contribution in [1.82, 2.24) is 5.32 Å². The number of carbonyl (C=O) groups excluding carboxylic acids is 1. The molecule has 2 rings (SSSR count). The summed E-state index contributed by atoms with van der Waals surface area (Å²) < 4.78 is 10.6. The van der Waals surface area contributed by atoms with Crippen LogP contribution in [0.4, 0.5) is 0 Å². The maximum absolute atomic E-state index is 11.6. The molecule has 0 aliphatic carbocycles. The number of nitrogens with one attached hydrogen (secondary N) is 1. The minimum Gasteiger partial charge on any atom is -0.482 e. The molecule has 1 aromatic carbocycles. The zero-order valence-electron chi connectivity index (χ0n) is 10.6. The van der Waals surface area contributed by atoms with Gasteiger partial charge in [-0.3, -0.25) is 4.79 Å². The van der Waals surface area contributed by atoms with E-state index in [0.717, 1.165) is 13.0 Å². The summed E-state index contributed by atoms with van der Waals surface area (Å²) in [6, 6.07) is 8.88. The van der Waals surface area contributed by atoms with Crippen LogP contribution in [0.1, 0.15) is 12.0 Å². The summed E-state index contributed by atoms with van der Waals surface area (Å²) in [5, 5.41) is 11.7. The lowest BCUT2D eigenvalue weighted by atomic mass is 10.1. The average molecular weight is 260 g/mol. The summed E-state index contributed by atoms with van der Waals surface area (Å²) in [4.78, 5) is 11.6. The fourth-order valence-corrected chi connectivity index (χ4v) is 1.88. The number of amides is 1. The van der Waals surface area contributed by atoms with Gasteiger partial charge in [-0.1, -0.05) is 12.1 Å². The van der Waals surface area contributed by atoms with Crippen LogP contribution in [-0.4, -0.2) is 32.3 Å². The molecule has 1 heterocycles. The maximum Gasteiger partial charge on any atom is 0.257 e. The quantitative estimate of drug-likeness (QED) is 0.860. The first-order chi connectivity index (χ1) is 9.29. The molecule has 1 fully saturated rings. The molecule has 100 valence electrons. The molecule has 0 saturated carbocycles. The summed E-state index contributed by atoms with van der Waals surface area (Å²) in [5.41, 5.74) is 0.430. The van der Waals surface area contributed by atoms with Crippen molar-refractivity contribution >= 4 is 5.91 Å². The smallest absolute Gasteiger partial charge is 0.257 e. The lowest BCUT2D eigenvalue weighted by Gasteiger charge is -2.10. The van der Waals surface area contributed by atoms with Crippen LogP contribution in [0, 0.1) is 17.2 Å². The fourth-order valence-electron chi connectivity index (χ4n) is 1.88. The van der Waals surface area contributed by atoms with Gasteiger partial charge in [0.1, 0.15) is 11.8 Å². The predicted octanol–water partition coefficient (Wildman–Crippen LogP) is 1.09. The highest BCUT2D eigenvalue weighted by Crippen LogP contribution is 2.16. The highest BCUT2D eigenvalue weighted by atomic mass is 16.5. The largest absolute Gasteiger partial charge is 0.482 e. The number of hydrogen-bond acceptors (Lipinski definition) is 4. The SMILES string of the molecule is N#Cc1ccccc1OCC(=O)NCC1CCOC1. The lowest BCUT2D eigenvalue weighted by Crippen LogP contribution is -2.33. The summed E-state index contributed by atoms with van der Waals surface area (Å²) in [6.45, 7) is 2.01. The molecule has 0 spiro atoms. The monoisotopic (exact) mass is 260 g/mol. The van der Waals surface area contributed by atoms with Gasteiger partial charge in [0.25, 0.3) is 5.91 Å². The Morgan fingerprint density at radius 1 is 1.53 bits per heavy atom. The van der Waals surface area contributed by atoms with Gasteiger partial charge in [0.05, 0.1) is 12.2 Å². The van der Waals surface area contributed by atoms with Crippen LogP contribution < -0.4 is 10.1 Å². The first kappa shape index (κ1) is 13.4. The molecule has 0 bridgehead atoms. The van der Waals surface area contributed by atoms with Gasteiger partial charge in [0, 0.05) is 19.1 Å². The third kappa shape index (κ3) is 3.97. The van der Waals surface area contributed by atoms with Crippen LogP contribution in [0.5, 0.6) is 5.75 Å². The number of nitrogens with zero attached hydrogens (tertiary/aromatic N) is 1. The first-order valence-corrected chi connectivity index (χ1v) is 6.26. The molecule has 1 aliphatic rings. The van der Waals surface area contributed by atoms with Gasteiger partial charge >= 0.3 is 0 Å². The zero-order valence-corrected chi connectivity index (χ0v) is 10.6. The van der Waals surface area contributed by atoms with E-state index in [9.17, 15) is 4.79 Å². The third-order valence-electron chi connectivity index (χ3n) is 2.98. The van der Waals surface area contributed by atoms with E-state index in [1.165, 1.54) is 0 Å². The Bertz CT molecular complexity index is 476. The van der Waals surface area contributed by atoms with E-state index in [0.29, 0.717) is 30.4 Å². The molecule has 0 aromatic heterocycles. The van der Waals surface area contributed by atoms with E-state index < -0.39 is 0 Å². The molecule has 1 amide bonds. The number of hydrogen-bond donors (Lipinski definition) is 1. The highest BCUT2D eigenvalue weighted by Gasteiger charge is 2.16. The first-order valence-electron chi connectivity index (χ1n) is 6.26. The second kappa shape index (κ2) is 6.76. The second-order valence-corrected chi connectivity index (χ2v) is 4.43. The van der Waals surface area contributed by atoms with Gasteiger partial charge < -0.3 is 14.8 Å². The standard InChI is InChI=1S/C14H16N2O3/c15-7-12-3-1-2-4-13(12)19-10-14(17)16-8-11-5-6-18-9-11/h1-4,11H,5-6,8-10H2,(H,16,17). The van der Waals surface area contributed by atoms with Crippen molar-refractivity contribution in [2.75, 3.05) is 26.4 Å². The van der Waals surface area contributed by atoms with E-state index in [1.807, 2.05) is 6.07 Å². The number of benzene rings is 1. The molecule has 19 heavy (non-hydrogen) atoms. The Morgan fingerprint density at radius 3 is 3.11 bits per heavy atom. The van der Waals surface area contributed by atoms with Crippen molar-refractivity contribution in [3.05, 3.63) is 29.8 Å².